The van der Waals surface area contributed by atoms with Gasteiger partial charge in [0.1, 0.15) is 12.6 Å². The van der Waals surface area contributed by atoms with Gasteiger partial charge < -0.3 is 20.1 Å². The number of carboxylic acid groups (broad SMARTS) is 1. The first kappa shape index (κ1) is 20.8. The zero-order valence-corrected chi connectivity index (χ0v) is 18.1. The minimum absolute atomic E-state index is 0.0857. The Balaban J connectivity index is 1.31. The van der Waals surface area contributed by atoms with Crippen molar-refractivity contribution in [1.82, 2.24) is 10.3 Å². The van der Waals surface area contributed by atoms with Crippen molar-refractivity contribution in [2.75, 3.05) is 6.61 Å². The van der Waals surface area contributed by atoms with Crippen LogP contribution in [0.15, 0.2) is 79.0 Å². The molecule has 0 fully saturated rings. The topological polar surface area (TPSA) is 91.4 Å². The number of aliphatic carboxylic acids is 1. The van der Waals surface area contributed by atoms with Crippen molar-refractivity contribution in [3.05, 3.63) is 95.7 Å². The van der Waals surface area contributed by atoms with Gasteiger partial charge in [-0.1, -0.05) is 73.7 Å². The molecule has 5 rings (SSSR count). The van der Waals surface area contributed by atoms with Crippen LogP contribution in [0.1, 0.15) is 35.4 Å². The Morgan fingerprint density at radius 1 is 0.970 bits per heavy atom. The highest BCUT2D eigenvalue weighted by Crippen LogP contribution is 2.44. The van der Waals surface area contributed by atoms with Crippen LogP contribution in [0.3, 0.4) is 0 Å². The molecule has 0 spiro atoms. The van der Waals surface area contributed by atoms with Crippen LogP contribution in [0.25, 0.3) is 22.0 Å². The number of carbonyl (C=O) groups excluding carboxylic acids is 1. The summed E-state index contributed by atoms with van der Waals surface area (Å²) in [7, 11) is 0. The number of alkyl carbamates (subject to hydrolysis) is 1. The molecule has 0 saturated carbocycles. The van der Waals surface area contributed by atoms with Gasteiger partial charge in [-0.3, -0.25) is 0 Å². The van der Waals surface area contributed by atoms with Crippen molar-refractivity contribution in [1.29, 1.82) is 0 Å². The molecule has 6 heteroatoms. The lowest BCUT2D eigenvalue weighted by atomic mass is 9.93. The highest BCUT2D eigenvalue weighted by atomic mass is 16.5. The Kier molecular flexibility index (Phi) is 5.34. The van der Waals surface area contributed by atoms with Gasteiger partial charge in [0.2, 0.25) is 0 Å². The van der Waals surface area contributed by atoms with Gasteiger partial charge in [-0.05, 0) is 33.9 Å². The Morgan fingerprint density at radius 3 is 2.24 bits per heavy atom. The number of ether oxygens (including phenoxy) is 1. The standard InChI is InChI=1S/C27H24N2O4/c1-16(22-14-28-24-13-7-6-12-21(22)24)25(26(30)31)29-27(32)33-15-23-19-10-4-2-8-17(19)18-9-3-5-11-20(18)23/h2-14,16,23,25,28H,15H2,1H3,(H,29,32)(H,30,31)/t16-,25-/m0/s1. The summed E-state index contributed by atoms with van der Waals surface area (Å²) in [5.74, 6) is -1.65. The molecule has 1 aliphatic rings. The molecule has 6 nitrogen and oxygen atoms in total. The largest absolute Gasteiger partial charge is 0.480 e. The molecule has 0 aliphatic heterocycles. The second kappa shape index (κ2) is 8.47. The zero-order chi connectivity index (χ0) is 22.9. The lowest BCUT2D eigenvalue weighted by Crippen LogP contribution is -2.44. The number of aromatic nitrogens is 1. The summed E-state index contributed by atoms with van der Waals surface area (Å²) in [5, 5.41) is 13.3. The van der Waals surface area contributed by atoms with Gasteiger partial charge >= 0.3 is 12.1 Å². The maximum absolute atomic E-state index is 12.7. The van der Waals surface area contributed by atoms with Gasteiger partial charge in [-0.15, -0.1) is 0 Å². The number of carbonyl (C=O) groups is 2. The molecule has 166 valence electrons. The maximum atomic E-state index is 12.7. The van der Waals surface area contributed by atoms with Gasteiger partial charge in [0.25, 0.3) is 0 Å². The van der Waals surface area contributed by atoms with Crippen LogP contribution in [0.5, 0.6) is 0 Å². The fourth-order valence-corrected chi connectivity index (χ4v) is 4.82. The Morgan fingerprint density at radius 2 is 1.58 bits per heavy atom. The summed E-state index contributed by atoms with van der Waals surface area (Å²) in [6.45, 7) is 1.92. The van der Waals surface area contributed by atoms with Crippen molar-refractivity contribution >= 4 is 23.0 Å². The average Bonchev–Trinajstić information content (AvgIpc) is 3.40. The summed E-state index contributed by atoms with van der Waals surface area (Å²) >= 11 is 0. The molecular formula is C27H24N2O4. The van der Waals surface area contributed by atoms with E-state index in [1.807, 2.05) is 60.7 Å². The second-order valence-corrected chi connectivity index (χ2v) is 8.36. The number of rotatable bonds is 6. The van der Waals surface area contributed by atoms with E-state index in [4.69, 9.17) is 4.74 Å². The first-order chi connectivity index (χ1) is 16.0. The molecule has 1 amide bonds. The molecule has 0 radical (unpaired) electrons. The van der Waals surface area contributed by atoms with Crippen molar-refractivity contribution in [3.8, 4) is 11.1 Å². The fourth-order valence-electron chi connectivity index (χ4n) is 4.82. The third-order valence-electron chi connectivity index (χ3n) is 6.49. The Bertz CT molecular complexity index is 1300. The Labute approximate surface area is 191 Å². The van der Waals surface area contributed by atoms with Gasteiger partial charge in [0.15, 0.2) is 0 Å². The lowest BCUT2D eigenvalue weighted by molar-refractivity contribution is -0.139. The van der Waals surface area contributed by atoms with Crippen LogP contribution < -0.4 is 5.32 Å². The second-order valence-electron chi connectivity index (χ2n) is 8.36. The van der Waals surface area contributed by atoms with E-state index in [1.165, 1.54) is 0 Å². The van der Waals surface area contributed by atoms with E-state index < -0.39 is 24.0 Å². The van der Waals surface area contributed by atoms with Crippen molar-refractivity contribution in [3.63, 3.8) is 0 Å². The summed E-state index contributed by atoms with van der Waals surface area (Å²) in [4.78, 5) is 27.8. The molecule has 0 unspecified atom stereocenters. The predicted molar refractivity (Wildman–Crippen MR) is 126 cm³/mol. The smallest absolute Gasteiger partial charge is 0.407 e. The number of benzene rings is 3. The van der Waals surface area contributed by atoms with E-state index in [-0.39, 0.29) is 12.5 Å². The van der Waals surface area contributed by atoms with E-state index in [0.29, 0.717) is 0 Å². The third kappa shape index (κ3) is 3.74. The molecule has 3 aromatic carbocycles. The molecule has 1 aromatic heterocycles. The van der Waals surface area contributed by atoms with E-state index in [2.05, 4.69) is 22.4 Å². The molecule has 0 bridgehead atoms. The van der Waals surface area contributed by atoms with Gasteiger partial charge in [0.05, 0.1) is 0 Å². The van der Waals surface area contributed by atoms with Crippen molar-refractivity contribution < 1.29 is 19.4 Å². The normalized spacial score (nSPS) is 14.3. The van der Waals surface area contributed by atoms with Crippen LogP contribution in [0, 0.1) is 0 Å². The SMILES string of the molecule is C[C@@H](c1c[nH]c2ccccc12)[C@H](NC(=O)OCC1c2ccccc2-c2ccccc21)C(=O)O. The molecule has 33 heavy (non-hydrogen) atoms. The number of para-hydroxylation sites is 1. The summed E-state index contributed by atoms with van der Waals surface area (Å²) < 4.78 is 5.55. The Hall–Kier alpha value is -4.06. The van der Waals surface area contributed by atoms with Gasteiger partial charge in [0, 0.05) is 28.9 Å². The molecule has 2 atom stereocenters. The quantitative estimate of drug-likeness (QED) is 0.381. The average molecular weight is 440 g/mol. The molecule has 1 heterocycles. The molecular weight excluding hydrogens is 416 g/mol. The van der Waals surface area contributed by atoms with Crippen LogP contribution in [0.2, 0.25) is 0 Å². The first-order valence-corrected chi connectivity index (χ1v) is 10.9. The van der Waals surface area contributed by atoms with Crippen LogP contribution in [-0.2, 0) is 9.53 Å². The van der Waals surface area contributed by atoms with Gasteiger partial charge in [-0.25, -0.2) is 9.59 Å². The van der Waals surface area contributed by atoms with Gasteiger partial charge in [-0.2, -0.15) is 0 Å². The summed E-state index contributed by atoms with van der Waals surface area (Å²) in [6, 6.07) is 22.7. The minimum atomic E-state index is -1.13. The number of nitrogens with one attached hydrogen (secondary N) is 2. The number of fused-ring (bicyclic) bond motifs is 4. The number of H-pyrrole nitrogens is 1. The number of amides is 1. The minimum Gasteiger partial charge on any atom is -0.480 e. The fraction of sp³-hybridized carbons (Fsp3) is 0.185. The lowest BCUT2D eigenvalue weighted by Gasteiger charge is -2.22. The van der Waals surface area contributed by atoms with E-state index in [9.17, 15) is 14.7 Å². The number of carboxylic acids is 1. The number of aromatic amines is 1. The van der Waals surface area contributed by atoms with E-state index in [0.717, 1.165) is 38.7 Å². The number of hydrogen-bond donors (Lipinski definition) is 3. The molecule has 1 aliphatic carbocycles. The predicted octanol–water partition coefficient (Wildman–Crippen LogP) is 5.26. The third-order valence-corrected chi connectivity index (χ3v) is 6.49. The molecule has 3 N–H and O–H groups in total. The van der Waals surface area contributed by atoms with Crippen molar-refractivity contribution in [2.24, 2.45) is 0 Å². The zero-order valence-electron chi connectivity index (χ0n) is 18.1. The van der Waals surface area contributed by atoms with Crippen LogP contribution in [-0.4, -0.2) is 34.8 Å². The van der Waals surface area contributed by atoms with Crippen LogP contribution in [0.4, 0.5) is 4.79 Å². The highest BCUT2D eigenvalue weighted by molar-refractivity contribution is 5.86. The van der Waals surface area contributed by atoms with E-state index in [1.54, 1.807) is 13.1 Å². The van der Waals surface area contributed by atoms with E-state index >= 15 is 0 Å². The summed E-state index contributed by atoms with van der Waals surface area (Å²) in [5.41, 5.74) is 6.24. The van der Waals surface area contributed by atoms with Crippen molar-refractivity contribution in [2.45, 2.75) is 24.8 Å². The highest BCUT2D eigenvalue weighted by Gasteiger charge is 2.32. The number of hydrogen-bond acceptors (Lipinski definition) is 3. The summed E-state index contributed by atoms with van der Waals surface area (Å²) in [6.07, 6.45) is 1.06. The van der Waals surface area contributed by atoms with Crippen LogP contribution >= 0.6 is 0 Å². The monoisotopic (exact) mass is 440 g/mol. The maximum Gasteiger partial charge on any atom is 0.407 e. The first-order valence-electron chi connectivity index (χ1n) is 10.9. The molecule has 4 aromatic rings. The molecule has 0 saturated heterocycles.